The molecule has 4 atom stereocenters. The van der Waals surface area contributed by atoms with Crippen molar-refractivity contribution in [2.75, 3.05) is 35.9 Å². The number of nitrogen functional groups attached to an aromatic ring is 1. The summed E-state index contributed by atoms with van der Waals surface area (Å²) in [6, 6.07) is 0. The third-order valence-electron chi connectivity index (χ3n) is 3.74. The second kappa shape index (κ2) is 4.84. The predicted molar refractivity (Wildman–Crippen MR) is 72.8 cm³/mol. The molecule has 1 saturated heterocycles. The molecule has 116 valence electrons. The number of H-pyrrole nitrogens is 1. The lowest BCUT2D eigenvalue weighted by Gasteiger charge is -2.27. The van der Waals surface area contributed by atoms with Crippen molar-refractivity contribution in [3.8, 4) is 0 Å². The van der Waals surface area contributed by atoms with Gasteiger partial charge in [0.2, 0.25) is 5.95 Å². The minimum atomic E-state index is -1.23. The van der Waals surface area contributed by atoms with Crippen LogP contribution in [-0.4, -0.2) is 70.2 Å². The quantitative estimate of drug-likeness (QED) is 0.385. The number of aliphatic hydroxyl groups excluding tert-OH is 3. The lowest BCUT2D eigenvalue weighted by atomic mass is 10.1. The molecular formula is C11H17N5O5. The van der Waals surface area contributed by atoms with E-state index in [2.05, 4.69) is 9.97 Å². The number of aromatic nitrogens is 2. The van der Waals surface area contributed by atoms with Crippen molar-refractivity contribution in [2.24, 2.45) is 0 Å². The molecule has 2 aliphatic heterocycles. The van der Waals surface area contributed by atoms with Gasteiger partial charge in [0.05, 0.1) is 13.3 Å². The SMILES string of the molecule is CN1CN([C@@H]2O[C@H](CO)[C@H](O)[C@H]2O)c2nc(N)[nH]c(=O)c21. The molecule has 1 aromatic heterocycles. The van der Waals surface area contributed by atoms with Crippen LogP contribution in [0.25, 0.3) is 0 Å². The molecule has 21 heavy (non-hydrogen) atoms. The van der Waals surface area contributed by atoms with E-state index in [0.29, 0.717) is 5.69 Å². The highest BCUT2D eigenvalue weighted by Gasteiger charge is 2.48. The summed E-state index contributed by atoms with van der Waals surface area (Å²) >= 11 is 0. The zero-order valence-corrected chi connectivity index (χ0v) is 11.3. The van der Waals surface area contributed by atoms with Crippen molar-refractivity contribution in [3.63, 3.8) is 0 Å². The fourth-order valence-corrected chi connectivity index (χ4v) is 2.72. The van der Waals surface area contributed by atoms with Gasteiger partial charge in [-0.05, 0) is 0 Å². The lowest BCUT2D eigenvalue weighted by Crippen LogP contribution is -2.45. The first-order chi connectivity index (χ1) is 9.93. The van der Waals surface area contributed by atoms with Gasteiger partial charge in [-0.15, -0.1) is 0 Å². The van der Waals surface area contributed by atoms with Gasteiger partial charge in [0.15, 0.2) is 12.0 Å². The van der Waals surface area contributed by atoms with Gasteiger partial charge in [-0.1, -0.05) is 0 Å². The minimum absolute atomic E-state index is 0.0502. The Kier molecular flexibility index (Phi) is 3.24. The number of hydrogen-bond donors (Lipinski definition) is 5. The standard InChI is InChI=1S/C11H17N5O5/c1-15-3-16(8-5(15)9(20)14-11(12)13-8)10-7(19)6(18)4(2-17)21-10/h4,6-7,10,17-19H,2-3H2,1H3,(H3,12,13,14,20)/t4-,6+,7-,10-/m1/s1. The Morgan fingerprint density at radius 2 is 2.19 bits per heavy atom. The van der Waals surface area contributed by atoms with Gasteiger partial charge >= 0.3 is 0 Å². The molecule has 2 aliphatic rings. The van der Waals surface area contributed by atoms with Gasteiger partial charge in [0.25, 0.3) is 5.56 Å². The summed E-state index contributed by atoms with van der Waals surface area (Å²) < 4.78 is 5.46. The molecule has 0 radical (unpaired) electrons. The van der Waals surface area contributed by atoms with E-state index in [1.54, 1.807) is 11.9 Å². The third-order valence-corrected chi connectivity index (χ3v) is 3.74. The second-order valence-corrected chi connectivity index (χ2v) is 5.16. The molecule has 0 amide bonds. The number of nitrogens with one attached hydrogen (secondary N) is 1. The van der Waals surface area contributed by atoms with E-state index >= 15 is 0 Å². The first kappa shape index (κ1) is 14.1. The Morgan fingerprint density at radius 1 is 1.48 bits per heavy atom. The van der Waals surface area contributed by atoms with E-state index in [0.717, 1.165) is 0 Å². The van der Waals surface area contributed by atoms with Crippen molar-refractivity contribution in [3.05, 3.63) is 10.4 Å². The average molecular weight is 299 g/mol. The van der Waals surface area contributed by atoms with Crippen LogP contribution in [0, 0.1) is 0 Å². The Morgan fingerprint density at radius 3 is 2.81 bits per heavy atom. The van der Waals surface area contributed by atoms with E-state index in [4.69, 9.17) is 15.6 Å². The zero-order chi connectivity index (χ0) is 15.3. The largest absolute Gasteiger partial charge is 0.394 e. The number of aromatic amines is 1. The lowest BCUT2D eigenvalue weighted by molar-refractivity contribution is -0.0221. The van der Waals surface area contributed by atoms with E-state index in [9.17, 15) is 15.0 Å². The van der Waals surface area contributed by atoms with Gasteiger partial charge in [-0.25, -0.2) is 0 Å². The van der Waals surface area contributed by atoms with Crippen LogP contribution in [0.5, 0.6) is 0 Å². The fourth-order valence-electron chi connectivity index (χ4n) is 2.72. The number of rotatable bonds is 2. The summed E-state index contributed by atoms with van der Waals surface area (Å²) in [6.07, 6.45) is -4.26. The predicted octanol–water partition coefficient (Wildman–Crippen LogP) is -3.00. The van der Waals surface area contributed by atoms with Crippen LogP contribution < -0.4 is 21.1 Å². The average Bonchev–Trinajstić information content (AvgIpc) is 2.89. The van der Waals surface area contributed by atoms with E-state index in [1.165, 1.54) is 4.90 Å². The molecule has 10 heteroatoms. The van der Waals surface area contributed by atoms with E-state index < -0.39 is 36.7 Å². The summed E-state index contributed by atoms with van der Waals surface area (Å²) in [5, 5.41) is 29.0. The molecule has 0 unspecified atom stereocenters. The van der Waals surface area contributed by atoms with Crippen LogP contribution in [0.2, 0.25) is 0 Å². The second-order valence-electron chi connectivity index (χ2n) is 5.16. The van der Waals surface area contributed by atoms with Crippen molar-refractivity contribution < 1.29 is 20.1 Å². The highest BCUT2D eigenvalue weighted by Crippen LogP contribution is 2.35. The van der Waals surface area contributed by atoms with Crippen LogP contribution in [0.1, 0.15) is 0 Å². The van der Waals surface area contributed by atoms with Crippen molar-refractivity contribution in [2.45, 2.75) is 24.5 Å². The molecule has 0 aromatic carbocycles. The molecule has 3 rings (SSSR count). The molecule has 0 aliphatic carbocycles. The highest BCUT2D eigenvalue weighted by molar-refractivity contribution is 5.72. The zero-order valence-electron chi connectivity index (χ0n) is 11.3. The molecule has 3 heterocycles. The van der Waals surface area contributed by atoms with E-state index in [1.807, 2.05) is 0 Å². The van der Waals surface area contributed by atoms with Crippen LogP contribution in [0.4, 0.5) is 17.5 Å². The van der Waals surface area contributed by atoms with Gasteiger partial charge in [0, 0.05) is 7.05 Å². The first-order valence-electron chi connectivity index (χ1n) is 6.44. The fraction of sp³-hybridized carbons (Fsp3) is 0.636. The molecule has 0 bridgehead atoms. The molecule has 6 N–H and O–H groups in total. The summed E-state index contributed by atoms with van der Waals surface area (Å²) in [7, 11) is 1.69. The molecule has 10 nitrogen and oxygen atoms in total. The van der Waals surface area contributed by atoms with Crippen LogP contribution in [0.15, 0.2) is 4.79 Å². The minimum Gasteiger partial charge on any atom is -0.394 e. The first-order valence-corrected chi connectivity index (χ1v) is 6.44. The summed E-state index contributed by atoms with van der Waals surface area (Å²) in [4.78, 5) is 21.6. The Hall–Kier alpha value is -1.88. The van der Waals surface area contributed by atoms with Crippen molar-refractivity contribution in [1.29, 1.82) is 0 Å². The van der Waals surface area contributed by atoms with Crippen molar-refractivity contribution in [1.82, 2.24) is 9.97 Å². The summed E-state index contributed by atoms with van der Waals surface area (Å²) in [5.41, 5.74) is 5.46. The Labute approximate surface area is 119 Å². The van der Waals surface area contributed by atoms with Crippen LogP contribution >= 0.6 is 0 Å². The normalized spacial score (nSPS) is 31.8. The van der Waals surface area contributed by atoms with Gasteiger partial charge < -0.3 is 35.6 Å². The van der Waals surface area contributed by atoms with E-state index in [-0.39, 0.29) is 18.4 Å². The number of aliphatic hydroxyl groups is 3. The maximum atomic E-state index is 11.9. The maximum Gasteiger partial charge on any atom is 0.278 e. The van der Waals surface area contributed by atoms with Crippen LogP contribution in [-0.2, 0) is 4.74 Å². The Balaban J connectivity index is 1.99. The van der Waals surface area contributed by atoms with Gasteiger partial charge in [-0.3, -0.25) is 9.78 Å². The maximum absolute atomic E-state index is 11.9. The number of nitrogens with two attached hydrogens (primary N) is 1. The molecule has 1 fully saturated rings. The topological polar surface area (TPSA) is 148 Å². The van der Waals surface area contributed by atoms with Gasteiger partial charge in [-0.2, -0.15) is 4.98 Å². The molecule has 0 spiro atoms. The van der Waals surface area contributed by atoms with Crippen LogP contribution in [0.3, 0.4) is 0 Å². The Bertz CT molecular complexity index is 607. The molecular weight excluding hydrogens is 282 g/mol. The number of anilines is 3. The number of nitrogens with zero attached hydrogens (tertiary/aromatic N) is 3. The molecule has 0 saturated carbocycles. The monoisotopic (exact) mass is 299 g/mol. The smallest absolute Gasteiger partial charge is 0.278 e. The summed E-state index contributed by atoms with van der Waals surface area (Å²) in [6.45, 7) is -0.183. The van der Waals surface area contributed by atoms with Gasteiger partial charge in [0.1, 0.15) is 24.0 Å². The third kappa shape index (κ3) is 2.03. The number of fused-ring (bicyclic) bond motifs is 1. The summed E-state index contributed by atoms with van der Waals surface area (Å²) in [5.74, 6) is 0.222. The number of ether oxygens (including phenoxy) is 1. The number of hydrogen-bond acceptors (Lipinski definition) is 9. The molecule has 1 aromatic rings. The van der Waals surface area contributed by atoms with Crippen molar-refractivity contribution >= 4 is 17.5 Å². The highest BCUT2D eigenvalue weighted by atomic mass is 16.6.